The number of nitrogens with zero attached hydrogens (tertiary/aromatic N) is 4. The van der Waals surface area contributed by atoms with E-state index in [1.807, 2.05) is 31.2 Å². The maximum Gasteiger partial charge on any atom is 0.408 e. The van der Waals surface area contributed by atoms with Crippen molar-refractivity contribution in [3.63, 3.8) is 0 Å². The molecule has 1 aliphatic carbocycles. The first-order chi connectivity index (χ1) is 13.9. The molecule has 0 unspecified atom stereocenters. The maximum atomic E-state index is 12.7. The molecule has 0 amide bonds. The van der Waals surface area contributed by atoms with Crippen LogP contribution in [0.1, 0.15) is 18.9 Å². The van der Waals surface area contributed by atoms with E-state index in [4.69, 9.17) is 4.84 Å². The Morgan fingerprint density at radius 1 is 1.31 bits per heavy atom. The largest absolute Gasteiger partial charge is 0.408 e. The molecule has 1 aliphatic rings. The van der Waals surface area contributed by atoms with Gasteiger partial charge in [-0.25, -0.2) is 9.67 Å². The van der Waals surface area contributed by atoms with E-state index >= 15 is 0 Å². The van der Waals surface area contributed by atoms with Crippen molar-refractivity contribution in [1.82, 2.24) is 14.8 Å². The first-order valence-electron chi connectivity index (χ1n) is 9.01. The van der Waals surface area contributed by atoms with E-state index in [1.54, 1.807) is 18.2 Å². The van der Waals surface area contributed by atoms with Crippen molar-refractivity contribution >= 4 is 5.71 Å². The molecule has 1 aromatic carbocycles. The lowest BCUT2D eigenvalue weighted by Crippen LogP contribution is -2.30. The van der Waals surface area contributed by atoms with Crippen molar-refractivity contribution in [3.05, 3.63) is 70.2 Å². The van der Waals surface area contributed by atoms with Gasteiger partial charge in [0.1, 0.15) is 13.2 Å². The number of hydrogen-bond acceptors (Lipinski definition) is 5. The van der Waals surface area contributed by atoms with Crippen molar-refractivity contribution < 1.29 is 18.0 Å². The minimum atomic E-state index is -4.55. The third-order valence-corrected chi connectivity index (χ3v) is 4.10. The monoisotopic (exact) mass is 404 g/mol. The molecule has 0 fully saturated rings. The Bertz CT molecular complexity index is 1020. The zero-order valence-electron chi connectivity index (χ0n) is 15.7. The summed E-state index contributed by atoms with van der Waals surface area (Å²) in [6.45, 7) is 0.867. The number of rotatable bonds is 6. The molecule has 2 aromatic rings. The van der Waals surface area contributed by atoms with Crippen LogP contribution in [0.2, 0.25) is 0 Å². The van der Waals surface area contributed by atoms with Gasteiger partial charge in [-0.2, -0.15) is 13.2 Å². The molecule has 0 radical (unpaired) electrons. The molecule has 0 saturated heterocycles. The molecular formula is C20H19F3N4O2. The van der Waals surface area contributed by atoms with Gasteiger partial charge in [0.2, 0.25) is 0 Å². The van der Waals surface area contributed by atoms with E-state index in [-0.39, 0.29) is 5.82 Å². The van der Waals surface area contributed by atoms with Crippen LogP contribution in [0, 0.1) is 0 Å². The van der Waals surface area contributed by atoms with Crippen LogP contribution in [0.4, 0.5) is 13.2 Å². The fourth-order valence-corrected chi connectivity index (χ4v) is 2.82. The maximum absolute atomic E-state index is 12.7. The molecule has 29 heavy (non-hydrogen) atoms. The summed E-state index contributed by atoms with van der Waals surface area (Å²) in [4.78, 5) is 20.7. The molecule has 0 saturated carbocycles. The summed E-state index contributed by atoms with van der Waals surface area (Å²) in [5, 5.41) is 7.92. The van der Waals surface area contributed by atoms with Gasteiger partial charge < -0.3 is 4.84 Å². The summed E-state index contributed by atoms with van der Waals surface area (Å²) in [5.41, 5.74) is 2.34. The molecule has 0 atom stereocenters. The van der Waals surface area contributed by atoms with E-state index in [2.05, 4.69) is 15.2 Å². The number of aromatic nitrogens is 3. The summed E-state index contributed by atoms with van der Waals surface area (Å²) >= 11 is 0. The Morgan fingerprint density at radius 3 is 2.90 bits per heavy atom. The van der Waals surface area contributed by atoms with Crippen LogP contribution >= 0.6 is 0 Å². The molecule has 152 valence electrons. The van der Waals surface area contributed by atoms with Gasteiger partial charge in [-0.3, -0.25) is 4.79 Å². The van der Waals surface area contributed by atoms with E-state index in [0.29, 0.717) is 29.7 Å². The van der Waals surface area contributed by atoms with Crippen LogP contribution in [-0.4, -0.2) is 33.3 Å². The lowest BCUT2D eigenvalue weighted by molar-refractivity contribution is -0.143. The van der Waals surface area contributed by atoms with Crippen LogP contribution in [0.3, 0.4) is 0 Å². The van der Waals surface area contributed by atoms with Gasteiger partial charge in [0.25, 0.3) is 5.56 Å². The Kier molecular flexibility index (Phi) is 6.26. The number of halogens is 3. The van der Waals surface area contributed by atoms with E-state index in [9.17, 15) is 18.0 Å². The summed E-state index contributed by atoms with van der Waals surface area (Å²) in [5.74, 6) is 0.0522. The summed E-state index contributed by atoms with van der Waals surface area (Å²) in [6.07, 6.45) is 3.41. The fourth-order valence-electron chi connectivity index (χ4n) is 2.82. The second-order valence-corrected chi connectivity index (χ2v) is 6.35. The van der Waals surface area contributed by atoms with Gasteiger partial charge in [-0.05, 0) is 30.5 Å². The van der Waals surface area contributed by atoms with Crippen LogP contribution in [0.5, 0.6) is 0 Å². The quantitative estimate of drug-likeness (QED) is 0.689. The lowest BCUT2D eigenvalue weighted by Gasteiger charge is -2.13. The second kappa shape index (κ2) is 8.85. The van der Waals surface area contributed by atoms with Gasteiger partial charge in [0.05, 0.1) is 11.9 Å². The Morgan fingerprint density at radius 2 is 2.14 bits per heavy atom. The number of oxime groups is 1. The average molecular weight is 404 g/mol. The van der Waals surface area contributed by atoms with Crippen molar-refractivity contribution in [2.45, 2.75) is 32.5 Å². The first-order valence-corrected chi connectivity index (χ1v) is 9.01. The molecule has 3 rings (SSSR count). The van der Waals surface area contributed by atoms with Gasteiger partial charge in [0.15, 0.2) is 5.82 Å². The van der Waals surface area contributed by atoms with Crippen molar-refractivity contribution in [2.75, 3.05) is 6.61 Å². The average Bonchev–Trinajstić information content (AvgIpc) is 2.68. The highest BCUT2D eigenvalue weighted by molar-refractivity contribution is 6.02. The standard InChI is InChI=1S/C20H19F3N4O2/c1-2-29-26-17-9-4-3-7-15(17)10-14-6-5-8-16(11-14)19-24-12-18(28)27(25-19)13-20(21,22)23/h3-8,11-12H,2,9-10,13H2,1H3/b26-17-. The third-order valence-electron chi connectivity index (χ3n) is 4.10. The molecule has 0 aliphatic heterocycles. The molecule has 0 bridgehead atoms. The van der Waals surface area contributed by atoms with Crippen LogP contribution in [0.15, 0.2) is 64.2 Å². The predicted molar refractivity (Wildman–Crippen MR) is 102 cm³/mol. The fraction of sp³-hybridized carbons (Fsp3) is 0.300. The van der Waals surface area contributed by atoms with Gasteiger partial charge in [-0.1, -0.05) is 41.6 Å². The van der Waals surface area contributed by atoms with E-state index in [1.165, 1.54) is 0 Å². The number of benzene rings is 1. The zero-order chi connectivity index (χ0) is 20.9. The normalized spacial score (nSPS) is 15.4. The van der Waals surface area contributed by atoms with E-state index < -0.39 is 18.3 Å². The minimum Gasteiger partial charge on any atom is -0.396 e. The summed E-state index contributed by atoms with van der Waals surface area (Å²) < 4.78 is 38.3. The predicted octanol–water partition coefficient (Wildman–Crippen LogP) is 3.69. The highest BCUT2D eigenvalue weighted by Gasteiger charge is 2.29. The van der Waals surface area contributed by atoms with Gasteiger partial charge in [0, 0.05) is 12.0 Å². The molecule has 0 spiro atoms. The number of hydrogen-bond donors (Lipinski definition) is 0. The van der Waals surface area contributed by atoms with Gasteiger partial charge in [-0.15, -0.1) is 5.10 Å². The van der Waals surface area contributed by atoms with Crippen LogP contribution in [0.25, 0.3) is 11.4 Å². The highest BCUT2D eigenvalue weighted by atomic mass is 19.4. The SMILES string of the molecule is CCO/N=C1/CC=CC=C1Cc1cccc(-c2ncc(=O)n(CC(F)(F)F)n2)c1. The van der Waals surface area contributed by atoms with Crippen LogP contribution < -0.4 is 5.56 Å². The Labute approximate surface area is 165 Å². The molecule has 9 heteroatoms. The molecule has 1 aromatic heterocycles. The zero-order valence-corrected chi connectivity index (χ0v) is 15.7. The smallest absolute Gasteiger partial charge is 0.396 e. The van der Waals surface area contributed by atoms with Crippen molar-refractivity contribution in [3.8, 4) is 11.4 Å². The van der Waals surface area contributed by atoms with Crippen molar-refractivity contribution in [2.24, 2.45) is 5.16 Å². The number of allylic oxidation sites excluding steroid dienone is 4. The first kappa shape index (κ1) is 20.5. The molecule has 0 N–H and O–H groups in total. The lowest BCUT2D eigenvalue weighted by atomic mass is 9.95. The summed E-state index contributed by atoms with van der Waals surface area (Å²) in [6, 6.07) is 7.14. The Balaban J connectivity index is 1.87. The van der Waals surface area contributed by atoms with Crippen LogP contribution in [-0.2, 0) is 17.8 Å². The summed E-state index contributed by atoms with van der Waals surface area (Å²) in [7, 11) is 0. The molecular weight excluding hydrogens is 385 g/mol. The third kappa shape index (κ3) is 5.63. The van der Waals surface area contributed by atoms with Crippen molar-refractivity contribution in [1.29, 1.82) is 0 Å². The van der Waals surface area contributed by atoms with Gasteiger partial charge >= 0.3 is 6.18 Å². The second-order valence-electron chi connectivity index (χ2n) is 6.35. The minimum absolute atomic E-state index is 0.0522. The van der Waals surface area contributed by atoms with E-state index in [0.717, 1.165) is 23.0 Å². The topological polar surface area (TPSA) is 69.4 Å². The highest BCUT2D eigenvalue weighted by Crippen LogP contribution is 2.21. The molecule has 1 heterocycles. The number of alkyl halides is 3. The molecule has 6 nitrogen and oxygen atoms in total. The Hall–Kier alpha value is -3.23.